The van der Waals surface area contributed by atoms with E-state index in [9.17, 15) is 14.4 Å². The molecule has 2 aromatic rings. The van der Waals surface area contributed by atoms with Crippen LogP contribution in [0.3, 0.4) is 0 Å². The van der Waals surface area contributed by atoms with Gasteiger partial charge in [0.15, 0.2) is 5.78 Å². The van der Waals surface area contributed by atoms with E-state index in [1.165, 1.54) is 11.8 Å². The third-order valence-corrected chi connectivity index (χ3v) is 5.38. The molecular formula is C21H22N4O3. The summed E-state index contributed by atoms with van der Waals surface area (Å²) in [5, 5.41) is 0. The van der Waals surface area contributed by atoms with E-state index in [2.05, 4.69) is 14.8 Å². The molecule has 1 atom stereocenters. The largest absolute Gasteiger partial charge is 0.354 e. The quantitative estimate of drug-likeness (QED) is 0.596. The predicted octanol–water partition coefficient (Wildman–Crippen LogP) is 1.74. The number of carbonyl (C=O) groups excluding carboxylic acids is 3. The summed E-state index contributed by atoms with van der Waals surface area (Å²) < 4.78 is 0. The van der Waals surface area contributed by atoms with E-state index in [0.29, 0.717) is 24.3 Å². The number of imide groups is 1. The van der Waals surface area contributed by atoms with E-state index in [-0.39, 0.29) is 24.0 Å². The first-order valence-corrected chi connectivity index (χ1v) is 9.42. The molecule has 1 unspecified atom stereocenters. The average Bonchev–Trinajstić information content (AvgIpc) is 3.03. The van der Waals surface area contributed by atoms with Gasteiger partial charge in [0.05, 0.1) is 18.2 Å². The highest BCUT2D eigenvalue weighted by Gasteiger charge is 2.43. The van der Waals surface area contributed by atoms with Crippen molar-refractivity contribution >= 4 is 29.1 Å². The van der Waals surface area contributed by atoms with Crippen LogP contribution in [0.25, 0.3) is 0 Å². The smallest absolute Gasteiger partial charge is 0.251 e. The number of amides is 2. The molecule has 0 N–H and O–H groups in total. The van der Waals surface area contributed by atoms with Crippen LogP contribution in [0.1, 0.15) is 23.7 Å². The molecular weight excluding hydrogens is 356 g/mol. The SMILES string of the molecule is CC(=O)c1ccc(N2C(=O)CC(N3CCN(c4ccccn4)CC3)C2=O)cc1. The molecule has 0 saturated carbocycles. The number of benzene rings is 1. The molecule has 2 saturated heterocycles. The number of nitrogens with zero attached hydrogens (tertiary/aromatic N) is 4. The highest BCUT2D eigenvalue weighted by Crippen LogP contribution is 2.27. The van der Waals surface area contributed by atoms with E-state index >= 15 is 0 Å². The second-order valence-electron chi connectivity index (χ2n) is 7.10. The van der Waals surface area contributed by atoms with Crippen LogP contribution in [0.4, 0.5) is 11.5 Å². The van der Waals surface area contributed by atoms with Gasteiger partial charge in [-0.15, -0.1) is 0 Å². The fourth-order valence-electron chi connectivity index (χ4n) is 3.82. The normalized spacial score (nSPS) is 20.7. The Labute approximate surface area is 163 Å². The van der Waals surface area contributed by atoms with Crippen LogP contribution in [-0.4, -0.2) is 59.7 Å². The Bertz CT molecular complexity index is 890. The van der Waals surface area contributed by atoms with E-state index in [1.54, 1.807) is 30.5 Å². The number of pyridine rings is 1. The van der Waals surface area contributed by atoms with Gasteiger partial charge in [-0.2, -0.15) is 0 Å². The number of ketones is 1. The van der Waals surface area contributed by atoms with Crippen LogP contribution in [0.5, 0.6) is 0 Å². The van der Waals surface area contributed by atoms with Crippen molar-refractivity contribution in [2.45, 2.75) is 19.4 Å². The lowest BCUT2D eigenvalue weighted by molar-refractivity contribution is -0.123. The minimum atomic E-state index is -0.425. The molecule has 3 heterocycles. The summed E-state index contributed by atoms with van der Waals surface area (Å²) >= 11 is 0. The summed E-state index contributed by atoms with van der Waals surface area (Å²) in [4.78, 5) is 46.8. The number of anilines is 2. The van der Waals surface area contributed by atoms with Crippen molar-refractivity contribution < 1.29 is 14.4 Å². The van der Waals surface area contributed by atoms with Crippen LogP contribution in [0, 0.1) is 0 Å². The van der Waals surface area contributed by atoms with Gasteiger partial charge in [-0.05, 0) is 43.3 Å². The molecule has 2 amide bonds. The van der Waals surface area contributed by atoms with Crippen LogP contribution < -0.4 is 9.80 Å². The zero-order chi connectivity index (χ0) is 19.7. The van der Waals surface area contributed by atoms with E-state index in [1.807, 2.05) is 18.2 Å². The van der Waals surface area contributed by atoms with E-state index in [4.69, 9.17) is 0 Å². The number of rotatable bonds is 4. The van der Waals surface area contributed by atoms with Gasteiger partial charge in [0.25, 0.3) is 5.91 Å². The van der Waals surface area contributed by atoms with Crippen molar-refractivity contribution in [3.05, 3.63) is 54.2 Å². The number of piperazine rings is 1. The van der Waals surface area contributed by atoms with Crippen molar-refractivity contribution in [1.29, 1.82) is 0 Å². The van der Waals surface area contributed by atoms with Gasteiger partial charge in [-0.1, -0.05) is 6.07 Å². The maximum absolute atomic E-state index is 13.0. The van der Waals surface area contributed by atoms with Gasteiger partial charge in [0.2, 0.25) is 5.91 Å². The fraction of sp³-hybridized carbons (Fsp3) is 0.333. The average molecular weight is 378 g/mol. The van der Waals surface area contributed by atoms with Crippen LogP contribution in [0.15, 0.2) is 48.7 Å². The van der Waals surface area contributed by atoms with Crippen molar-refractivity contribution in [3.63, 3.8) is 0 Å². The lowest BCUT2D eigenvalue weighted by Gasteiger charge is -2.37. The van der Waals surface area contributed by atoms with E-state index in [0.717, 1.165) is 18.9 Å². The van der Waals surface area contributed by atoms with Gasteiger partial charge in [0, 0.05) is 37.9 Å². The molecule has 28 heavy (non-hydrogen) atoms. The number of aromatic nitrogens is 1. The second kappa shape index (κ2) is 7.52. The Kier molecular flexibility index (Phi) is 4.92. The predicted molar refractivity (Wildman–Crippen MR) is 105 cm³/mol. The van der Waals surface area contributed by atoms with Crippen molar-refractivity contribution in [2.24, 2.45) is 0 Å². The van der Waals surface area contributed by atoms with Crippen LogP contribution in [-0.2, 0) is 9.59 Å². The standard InChI is InChI=1S/C21H22N4O3/c1-15(26)16-5-7-17(8-6-16)25-20(27)14-18(21(25)28)23-10-12-24(13-11-23)19-4-2-3-9-22-19/h2-9,18H,10-14H2,1H3. The first-order valence-electron chi connectivity index (χ1n) is 9.42. The number of carbonyl (C=O) groups is 3. The summed E-state index contributed by atoms with van der Waals surface area (Å²) in [7, 11) is 0. The Morgan fingerprint density at radius 2 is 1.71 bits per heavy atom. The minimum absolute atomic E-state index is 0.0470. The molecule has 2 fully saturated rings. The van der Waals surface area contributed by atoms with Crippen LogP contribution >= 0.6 is 0 Å². The lowest BCUT2D eigenvalue weighted by atomic mass is 10.1. The molecule has 4 rings (SSSR count). The number of hydrogen-bond donors (Lipinski definition) is 0. The molecule has 144 valence electrons. The van der Waals surface area contributed by atoms with E-state index < -0.39 is 6.04 Å². The lowest BCUT2D eigenvalue weighted by Crippen LogP contribution is -2.52. The topological polar surface area (TPSA) is 73.8 Å². The third-order valence-electron chi connectivity index (χ3n) is 5.38. The van der Waals surface area contributed by atoms with Gasteiger partial charge < -0.3 is 4.90 Å². The summed E-state index contributed by atoms with van der Waals surface area (Å²) in [5.74, 6) is 0.502. The van der Waals surface area contributed by atoms with Gasteiger partial charge in [0.1, 0.15) is 5.82 Å². The molecule has 7 heteroatoms. The summed E-state index contributed by atoms with van der Waals surface area (Å²) in [6.45, 7) is 4.43. The molecule has 2 aliphatic heterocycles. The number of Topliss-reactive ketones (excluding diaryl/α,β-unsaturated/α-hetero) is 1. The Morgan fingerprint density at radius 3 is 2.32 bits per heavy atom. The fourth-order valence-corrected chi connectivity index (χ4v) is 3.82. The molecule has 0 radical (unpaired) electrons. The van der Waals surface area contributed by atoms with Gasteiger partial charge >= 0.3 is 0 Å². The highest BCUT2D eigenvalue weighted by molar-refractivity contribution is 6.22. The molecule has 1 aromatic heterocycles. The maximum atomic E-state index is 13.0. The zero-order valence-electron chi connectivity index (χ0n) is 15.7. The Hall–Kier alpha value is -3.06. The van der Waals surface area contributed by atoms with Crippen molar-refractivity contribution in [1.82, 2.24) is 9.88 Å². The van der Waals surface area contributed by atoms with Gasteiger partial charge in [-0.25, -0.2) is 9.88 Å². The zero-order valence-corrected chi connectivity index (χ0v) is 15.7. The molecule has 0 spiro atoms. The summed E-state index contributed by atoms with van der Waals surface area (Å²) in [6.07, 6.45) is 1.97. The number of hydrogen-bond acceptors (Lipinski definition) is 6. The monoisotopic (exact) mass is 378 g/mol. The minimum Gasteiger partial charge on any atom is -0.354 e. The van der Waals surface area contributed by atoms with Crippen LogP contribution in [0.2, 0.25) is 0 Å². The molecule has 0 aliphatic carbocycles. The Balaban J connectivity index is 1.44. The van der Waals surface area contributed by atoms with Crippen molar-refractivity contribution in [2.75, 3.05) is 36.0 Å². The van der Waals surface area contributed by atoms with Gasteiger partial charge in [-0.3, -0.25) is 19.3 Å². The second-order valence-corrected chi connectivity index (χ2v) is 7.10. The molecule has 1 aromatic carbocycles. The third kappa shape index (κ3) is 3.41. The molecule has 7 nitrogen and oxygen atoms in total. The maximum Gasteiger partial charge on any atom is 0.251 e. The molecule has 2 aliphatic rings. The Morgan fingerprint density at radius 1 is 1.00 bits per heavy atom. The molecule has 0 bridgehead atoms. The van der Waals surface area contributed by atoms with Crippen molar-refractivity contribution in [3.8, 4) is 0 Å². The first kappa shape index (κ1) is 18.3. The summed E-state index contributed by atoms with van der Waals surface area (Å²) in [6, 6.07) is 12.0. The highest BCUT2D eigenvalue weighted by atomic mass is 16.2. The first-order chi connectivity index (χ1) is 13.5. The summed E-state index contributed by atoms with van der Waals surface area (Å²) in [5.41, 5.74) is 1.08.